The summed E-state index contributed by atoms with van der Waals surface area (Å²) in [5, 5.41) is 27.1. The molecule has 0 unspecified atom stereocenters. The van der Waals surface area contributed by atoms with Gasteiger partial charge in [0.15, 0.2) is 0 Å². The molecule has 0 spiro atoms. The summed E-state index contributed by atoms with van der Waals surface area (Å²) in [7, 11) is 0. The molecule has 6 heteroatoms. The summed E-state index contributed by atoms with van der Waals surface area (Å²) < 4.78 is 4.40. The van der Waals surface area contributed by atoms with E-state index < -0.39 is 12.1 Å². The van der Waals surface area contributed by atoms with E-state index in [9.17, 15) is 9.59 Å². The first-order valence-electron chi connectivity index (χ1n) is 9.45. The lowest BCUT2D eigenvalue weighted by atomic mass is 9.87. The van der Waals surface area contributed by atoms with Gasteiger partial charge in [0.05, 0.1) is 5.56 Å². The molecule has 2 aromatic rings. The Morgan fingerprint density at radius 1 is 0.786 bits per heavy atom. The fourth-order valence-corrected chi connectivity index (χ4v) is 3.30. The van der Waals surface area contributed by atoms with Crippen molar-refractivity contribution >= 4 is 12.1 Å². The van der Waals surface area contributed by atoms with Crippen molar-refractivity contribution in [1.82, 2.24) is 0 Å². The molecule has 0 heterocycles. The van der Waals surface area contributed by atoms with Crippen molar-refractivity contribution in [3.8, 4) is 11.1 Å². The molecule has 3 N–H and O–H groups in total. The number of hydrogen-bond acceptors (Lipinski definition) is 5. The van der Waals surface area contributed by atoms with Crippen LogP contribution in [0.4, 0.5) is 4.79 Å². The highest BCUT2D eigenvalue weighted by Gasteiger charge is 2.21. The maximum absolute atomic E-state index is 12.3. The zero-order chi connectivity index (χ0) is 20.4. The highest BCUT2D eigenvalue weighted by atomic mass is 16.7. The number of aliphatic hydroxyl groups excluding tert-OH is 2. The molecule has 0 aliphatic heterocycles. The van der Waals surface area contributed by atoms with E-state index in [4.69, 9.17) is 15.3 Å². The number of rotatable bonds is 10. The number of unbranched alkanes of at least 4 members (excludes halogenated alkanes) is 2. The summed E-state index contributed by atoms with van der Waals surface area (Å²) in [6, 6.07) is 13.2. The maximum Gasteiger partial charge on any atom is 0.513 e. The van der Waals surface area contributed by atoms with Crippen molar-refractivity contribution in [2.75, 3.05) is 13.2 Å². The van der Waals surface area contributed by atoms with Crippen molar-refractivity contribution in [3.05, 3.63) is 59.2 Å². The van der Waals surface area contributed by atoms with E-state index in [2.05, 4.69) is 4.74 Å². The van der Waals surface area contributed by atoms with Gasteiger partial charge in [0, 0.05) is 13.2 Å². The molecule has 0 radical (unpaired) electrons. The van der Waals surface area contributed by atoms with Crippen LogP contribution in [0.1, 0.15) is 47.2 Å². The van der Waals surface area contributed by atoms with E-state index in [1.165, 1.54) is 0 Å². The highest BCUT2D eigenvalue weighted by molar-refractivity contribution is 5.97. The molecule has 0 amide bonds. The Morgan fingerprint density at radius 3 is 1.96 bits per heavy atom. The van der Waals surface area contributed by atoms with Crippen LogP contribution in [-0.2, 0) is 17.6 Å². The van der Waals surface area contributed by atoms with E-state index in [1.807, 2.05) is 36.4 Å². The standard InChI is InChI=1S/C22H26O6/c23-14-6-4-10-18-17(16-8-2-1-3-9-16)12-13-20(21(25)28-22(26)27)19(18)11-5-7-15-24/h1-3,8-9,12-13,23-24H,4-7,10-11,14-15H2,(H,26,27). The highest BCUT2D eigenvalue weighted by Crippen LogP contribution is 2.31. The third-order valence-electron chi connectivity index (χ3n) is 4.59. The topological polar surface area (TPSA) is 104 Å². The first-order chi connectivity index (χ1) is 13.6. The molecule has 6 nitrogen and oxygen atoms in total. The van der Waals surface area contributed by atoms with Crippen LogP contribution in [0.5, 0.6) is 0 Å². The molecule has 0 aliphatic rings. The van der Waals surface area contributed by atoms with Gasteiger partial charge in [-0.3, -0.25) is 0 Å². The predicted octanol–water partition coefficient (Wildman–Crippen LogP) is 3.82. The quantitative estimate of drug-likeness (QED) is 0.326. The van der Waals surface area contributed by atoms with Crippen molar-refractivity contribution in [2.24, 2.45) is 0 Å². The molecule has 0 atom stereocenters. The molecular weight excluding hydrogens is 360 g/mol. The van der Waals surface area contributed by atoms with Crippen LogP contribution >= 0.6 is 0 Å². The second-order valence-electron chi connectivity index (χ2n) is 6.50. The van der Waals surface area contributed by atoms with Gasteiger partial charge in [-0.05, 0) is 66.8 Å². The van der Waals surface area contributed by atoms with E-state index in [0.717, 1.165) is 28.7 Å². The summed E-state index contributed by atoms with van der Waals surface area (Å²) in [5.41, 5.74) is 3.92. The van der Waals surface area contributed by atoms with Crippen LogP contribution in [0.25, 0.3) is 11.1 Å². The van der Waals surface area contributed by atoms with E-state index in [1.54, 1.807) is 6.07 Å². The van der Waals surface area contributed by atoms with E-state index in [0.29, 0.717) is 32.1 Å². The lowest BCUT2D eigenvalue weighted by molar-refractivity contribution is 0.0508. The summed E-state index contributed by atoms with van der Waals surface area (Å²) in [4.78, 5) is 23.2. The average Bonchev–Trinajstić information content (AvgIpc) is 2.69. The van der Waals surface area contributed by atoms with Gasteiger partial charge in [-0.1, -0.05) is 36.4 Å². The minimum absolute atomic E-state index is 0.0487. The van der Waals surface area contributed by atoms with Gasteiger partial charge < -0.3 is 20.1 Å². The Kier molecular flexibility index (Phi) is 8.65. The molecule has 0 saturated heterocycles. The van der Waals surface area contributed by atoms with Crippen LogP contribution in [0, 0.1) is 0 Å². The summed E-state index contributed by atoms with van der Waals surface area (Å²) >= 11 is 0. The first kappa shape index (κ1) is 21.6. The van der Waals surface area contributed by atoms with Gasteiger partial charge in [-0.15, -0.1) is 0 Å². The van der Waals surface area contributed by atoms with E-state index >= 15 is 0 Å². The number of carbonyl (C=O) groups is 2. The van der Waals surface area contributed by atoms with Crippen LogP contribution in [0.2, 0.25) is 0 Å². The lowest BCUT2D eigenvalue weighted by Crippen LogP contribution is -2.15. The number of benzene rings is 2. The molecule has 0 fully saturated rings. The number of hydrogen-bond donors (Lipinski definition) is 3. The fraction of sp³-hybridized carbons (Fsp3) is 0.364. The number of carboxylic acid groups (broad SMARTS) is 1. The monoisotopic (exact) mass is 386 g/mol. The largest absolute Gasteiger partial charge is 0.513 e. The Labute approximate surface area is 164 Å². The van der Waals surface area contributed by atoms with Crippen LogP contribution < -0.4 is 0 Å². The zero-order valence-electron chi connectivity index (χ0n) is 15.8. The molecule has 0 aromatic heterocycles. The first-order valence-corrected chi connectivity index (χ1v) is 9.45. The predicted molar refractivity (Wildman–Crippen MR) is 105 cm³/mol. The van der Waals surface area contributed by atoms with E-state index in [-0.39, 0.29) is 18.8 Å². The van der Waals surface area contributed by atoms with Crippen molar-refractivity contribution in [2.45, 2.75) is 38.5 Å². The number of aliphatic hydroxyl groups is 2. The van der Waals surface area contributed by atoms with Crippen molar-refractivity contribution in [1.29, 1.82) is 0 Å². The minimum Gasteiger partial charge on any atom is -0.449 e. The Morgan fingerprint density at radius 2 is 1.39 bits per heavy atom. The molecule has 0 aliphatic carbocycles. The summed E-state index contributed by atoms with van der Waals surface area (Å²) in [6.07, 6.45) is 2.15. The van der Waals surface area contributed by atoms with Crippen LogP contribution in [0.3, 0.4) is 0 Å². The second kappa shape index (κ2) is 11.2. The number of esters is 1. The Hall–Kier alpha value is -2.70. The lowest BCUT2D eigenvalue weighted by Gasteiger charge is -2.18. The molecule has 0 saturated carbocycles. The SMILES string of the molecule is O=C(O)OC(=O)c1ccc(-c2ccccc2)c(CCCCO)c1CCCCO. The van der Waals surface area contributed by atoms with Crippen molar-refractivity contribution < 1.29 is 29.6 Å². The minimum atomic E-state index is -1.64. The molecule has 2 aromatic carbocycles. The van der Waals surface area contributed by atoms with Crippen LogP contribution in [0.15, 0.2) is 42.5 Å². The van der Waals surface area contributed by atoms with Crippen LogP contribution in [-0.4, -0.2) is 40.7 Å². The van der Waals surface area contributed by atoms with Crippen molar-refractivity contribution in [3.63, 3.8) is 0 Å². The Bertz CT molecular complexity index is 785. The molecule has 2 rings (SSSR count). The normalized spacial score (nSPS) is 10.6. The van der Waals surface area contributed by atoms with Gasteiger partial charge in [-0.2, -0.15) is 0 Å². The fourth-order valence-electron chi connectivity index (χ4n) is 3.30. The molecule has 0 bridgehead atoms. The zero-order valence-corrected chi connectivity index (χ0v) is 15.8. The van der Waals surface area contributed by atoms with Gasteiger partial charge in [0.25, 0.3) is 0 Å². The molecule has 28 heavy (non-hydrogen) atoms. The smallest absolute Gasteiger partial charge is 0.449 e. The molecular formula is C22H26O6. The average molecular weight is 386 g/mol. The van der Waals surface area contributed by atoms with Gasteiger partial charge in [0.1, 0.15) is 0 Å². The Balaban J connectivity index is 2.55. The molecule has 150 valence electrons. The number of ether oxygens (including phenoxy) is 1. The summed E-state index contributed by atoms with van der Waals surface area (Å²) in [6.45, 7) is 0.133. The third kappa shape index (κ3) is 5.90. The number of carbonyl (C=O) groups excluding carboxylic acids is 1. The van der Waals surface area contributed by atoms with Gasteiger partial charge in [-0.25, -0.2) is 9.59 Å². The maximum atomic E-state index is 12.3. The van der Waals surface area contributed by atoms with Gasteiger partial charge in [0.2, 0.25) is 0 Å². The van der Waals surface area contributed by atoms with Gasteiger partial charge >= 0.3 is 12.1 Å². The third-order valence-corrected chi connectivity index (χ3v) is 4.59. The summed E-state index contributed by atoms with van der Waals surface area (Å²) in [5.74, 6) is -0.894. The second-order valence-corrected chi connectivity index (χ2v) is 6.50.